The van der Waals surface area contributed by atoms with E-state index in [9.17, 15) is 4.79 Å². The van der Waals surface area contributed by atoms with Crippen molar-refractivity contribution >= 4 is 38.3 Å². The Bertz CT molecular complexity index is 531. The summed E-state index contributed by atoms with van der Waals surface area (Å²) >= 11 is 4.67. The van der Waals surface area contributed by atoms with Crippen LogP contribution in [0.2, 0.25) is 0 Å². The molecule has 2 aromatic rings. The molecule has 2 aromatic heterocycles. The summed E-state index contributed by atoms with van der Waals surface area (Å²) in [5.74, 6) is 0.572. The highest BCUT2D eigenvalue weighted by molar-refractivity contribution is 9.10. The van der Waals surface area contributed by atoms with Crippen molar-refractivity contribution < 1.29 is 4.79 Å². The van der Waals surface area contributed by atoms with Gasteiger partial charge in [0.1, 0.15) is 5.82 Å². The molecule has 1 N–H and O–H groups in total. The minimum atomic E-state index is -0.102. The summed E-state index contributed by atoms with van der Waals surface area (Å²) in [5.41, 5.74) is 0. The summed E-state index contributed by atoms with van der Waals surface area (Å²) in [7, 11) is 1.84. The van der Waals surface area contributed by atoms with E-state index < -0.39 is 0 Å². The van der Waals surface area contributed by atoms with Gasteiger partial charge in [0.2, 0.25) is 5.91 Å². The fraction of sp³-hybridized carbons (Fsp3) is 0.273. The van der Waals surface area contributed by atoms with E-state index in [2.05, 4.69) is 36.2 Å². The number of rotatable bonds is 5. The topological polar surface area (TPSA) is 71.0 Å². The molecule has 0 bridgehead atoms. The van der Waals surface area contributed by atoms with Gasteiger partial charge in [0.15, 0.2) is 5.13 Å². The third kappa shape index (κ3) is 4.66. The van der Waals surface area contributed by atoms with Crippen LogP contribution in [-0.2, 0) is 11.3 Å². The van der Waals surface area contributed by atoms with Crippen LogP contribution >= 0.6 is 27.3 Å². The maximum Gasteiger partial charge on any atom is 0.240 e. The van der Waals surface area contributed by atoms with Gasteiger partial charge in [-0.3, -0.25) is 9.69 Å². The van der Waals surface area contributed by atoms with E-state index in [4.69, 9.17) is 0 Å². The number of nitrogens with zero attached hydrogens (tertiary/aromatic N) is 4. The number of amides is 1. The van der Waals surface area contributed by atoms with Crippen LogP contribution in [0.15, 0.2) is 28.4 Å². The quantitative estimate of drug-likeness (QED) is 0.897. The minimum Gasteiger partial charge on any atom is -0.301 e. The first-order valence-electron chi connectivity index (χ1n) is 5.48. The highest BCUT2D eigenvalue weighted by Gasteiger charge is 2.09. The highest BCUT2D eigenvalue weighted by Crippen LogP contribution is 2.10. The van der Waals surface area contributed by atoms with Crippen LogP contribution in [-0.4, -0.2) is 39.4 Å². The van der Waals surface area contributed by atoms with E-state index in [-0.39, 0.29) is 12.5 Å². The molecule has 0 saturated heterocycles. The molecule has 0 spiro atoms. The lowest BCUT2D eigenvalue weighted by Crippen LogP contribution is -2.30. The Labute approximate surface area is 123 Å². The molecule has 0 aliphatic rings. The first-order valence-corrected chi connectivity index (χ1v) is 7.15. The molecule has 6 nitrogen and oxygen atoms in total. The second kappa shape index (κ2) is 6.69. The summed E-state index contributed by atoms with van der Waals surface area (Å²) < 4.78 is 0.834. The van der Waals surface area contributed by atoms with Crippen LogP contribution in [0.5, 0.6) is 0 Å². The van der Waals surface area contributed by atoms with Gasteiger partial charge >= 0.3 is 0 Å². The molecule has 0 atom stereocenters. The van der Waals surface area contributed by atoms with Crippen molar-refractivity contribution in [1.82, 2.24) is 19.9 Å². The Balaban J connectivity index is 1.82. The molecule has 0 aliphatic heterocycles. The van der Waals surface area contributed by atoms with Crippen molar-refractivity contribution in [3.05, 3.63) is 34.3 Å². The average Bonchev–Trinajstić information content (AvgIpc) is 2.84. The van der Waals surface area contributed by atoms with E-state index in [0.29, 0.717) is 17.5 Å². The predicted molar refractivity (Wildman–Crippen MR) is 76.8 cm³/mol. The molecule has 100 valence electrons. The summed E-state index contributed by atoms with van der Waals surface area (Å²) in [6.07, 6.45) is 5.03. The van der Waals surface area contributed by atoms with Crippen molar-refractivity contribution in [2.75, 3.05) is 18.9 Å². The first-order chi connectivity index (χ1) is 9.13. The standard InChI is InChI=1S/C11H12BrN5OS/c1-17(6-9-14-4-8(12)5-15-9)7-10(18)16-11-13-2-3-19-11/h2-5H,6-7H2,1H3,(H,13,16,18). The molecule has 0 radical (unpaired) electrons. The zero-order chi connectivity index (χ0) is 13.7. The maximum absolute atomic E-state index is 11.7. The maximum atomic E-state index is 11.7. The Morgan fingerprint density at radius 2 is 2.16 bits per heavy atom. The van der Waals surface area contributed by atoms with Crippen molar-refractivity contribution in [2.24, 2.45) is 0 Å². The SMILES string of the molecule is CN(CC(=O)Nc1nccs1)Cc1ncc(Br)cn1. The second-order valence-corrected chi connectivity index (χ2v) is 5.69. The van der Waals surface area contributed by atoms with Gasteiger partial charge in [-0.2, -0.15) is 0 Å². The summed E-state index contributed by atoms with van der Waals surface area (Å²) in [5, 5.41) is 5.15. The number of hydrogen-bond donors (Lipinski definition) is 1. The van der Waals surface area contributed by atoms with Gasteiger partial charge < -0.3 is 5.32 Å². The molecule has 8 heteroatoms. The van der Waals surface area contributed by atoms with Gasteiger partial charge in [0, 0.05) is 24.0 Å². The summed E-state index contributed by atoms with van der Waals surface area (Å²) in [4.78, 5) is 25.9. The van der Waals surface area contributed by atoms with E-state index in [1.165, 1.54) is 11.3 Å². The average molecular weight is 342 g/mol. The van der Waals surface area contributed by atoms with Crippen LogP contribution in [0.3, 0.4) is 0 Å². The number of hydrogen-bond acceptors (Lipinski definition) is 6. The third-order valence-electron chi connectivity index (χ3n) is 2.18. The van der Waals surface area contributed by atoms with Crippen molar-refractivity contribution in [3.8, 4) is 0 Å². The Morgan fingerprint density at radius 3 is 2.79 bits per heavy atom. The summed E-state index contributed by atoms with van der Waals surface area (Å²) in [6.45, 7) is 0.775. The van der Waals surface area contributed by atoms with Gasteiger partial charge in [-0.15, -0.1) is 11.3 Å². The van der Waals surface area contributed by atoms with Crippen LogP contribution in [0, 0.1) is 0 Å². The van der Waals surface area contributed by atoms with Gasteiger partial charge in [-0.1, -0.05) is 0 Å². The van der Waals surface area contributed by atoms with Crippen LogP contribution in [0.25, 0.3) is 0 Å². The molecule has 0 saturated carbocycles. The van der Waals surface area contributed by atoms with E-state index in [1.54, 1.807) is 18.6 Å². The van der Waals surface area contributed by atoms with E-state index in [0.717, 1.165) is 4.47 Å². The third-order valence-corrected chi connectivity index (χ3v) is 3.28. The smallest absolute Gasteiger partial charge is 0.240 e. The van der Waals surface area contributed by atoms with Crippen molar-refractivity contribution in [1.29, 1.82) is 0 Å². The molecule has 0 fully saturated rings. The monoisotopic (exact) mass is 341 g/mol. The number of carbonyl (C=O) groups is 1. The Kier molecular flexibility index (Phi) is 4.94. The molecule has 0 unspecified atom stereocenters. The fourth-order valence-electron chi connectivity index (χ4n) is 1.41. The fourth-order valence-corrected chi connectivity index (χ4v) is 2.16. The number of aromatic nitrogens is 3. The molecule has 2 heterocycles. The number of halogens is 1. The number of anilines is 1. The lowest BCUT2D eigenvalue weighted by molar-refractivity contribution is -0.117. The largest absolute Gasteiger partial charge is 0.301 e. The minimum absolute atomic E-state index is 0.102. The normalized spacial score (nSPS) is 10.7. The molecular formula is C11H12BrN5OS. The highest BCUT2D eigenvalue weighted by atomic mass is 79.9. The molecule has 1 amide bonds. The zero-order valence-corrected chi connectivity index (χ0v) is 12.6. The predicted octanol–water partition coefficient (Wildman–Crippen LogP) is 1.77. The zero-order valence-electron chi connectivity index (χ0n) is 10.2. The second-order valence-electron chi connectivity index (χ2n) is 3.88. The van der Waals surface area contributed by atoms with E-state index >= 15 is 0 Å². The van der Waals surface area contributed by atoms with Gasteiger partial charge in [0.25, 0.3) is 0 Å². The first kappa shape index (κ1) is 14.0. The Morgan fingerprint density at radius 1 is 1.42 bits per heavy atom. The van der Waals surface area contributed by atoms with Gasteiger partial charge in [-0.05, 0) is 23.0 Å². The number of thiazole rings is 1. The number of nitrogens with one attached hydrogen (secondary N) is 1. The lowest BCUT2D eigenvalue weighted by Gasteiger charge is -2.14. The van der Waals surface area contributed by atoms with Crippen LogP contribution < -0.4 is 5.32 Å². The number of carbonyl (C=O) groups excluding carboxylic acids is 1. The van der Waals surface area contributed by atoms with Gasteiger partial charge in [-0.25, -0.2) is 15.0 Å². The van der Waals surface area contributed by atoms with E-state index in [1.807, 2.05) is 17.3 Å². The molecule has 0 aromatic carbocycles. The molecule has 2 rings (SSSR count). The van der Waals surface area contributed by atoms with Crippen LogP contribution in [0.4, 0.5) is 5.13 Å². The van der Waals surface area contributed by atoms with Crippen molar-refractivity contribution in [3.63, 3.8) is 0 Å². The van der Waals surface area contributed by atoms with Crippen LogP contribution in [0.1, 0.15) is 5.82 Å². The molecular weight excluding hydrogens is 330 g/mol. The number of likely N-dealkylation sites (N-methyl/N-ethyl adjacent to an activating group) is 1. The molecule has 19 heavy (non-hydrogen) atoms. The summed E-state index contributed by atoms with van der Waals surface area (Å²) in [6, 6.07) is 0. The molecule has 0 aliphatic carbocycles. The lowest BCUT2D eigenvalue weighted by atomic mass is 10.4. The van der Waals surface area contributed by atoms with Gasteiger partial charge in [0.05, 0.1) is 17.6 Å². The van der Waals surface area contributed by atoms with Crippen molar-refractivity contribution in [2.45, 2.75) is 6.54 Å². The Hall–Kier alpha value is -1.38.